The average Bonchev–Trinajstić information content (AvgIpc) is 2.84. The highest BCUT2D eigenvalue weighted by molar-refractivity contribution is 6.42. The Bertz CT molecular complexity index is 985. The first-order valence-corrected chi connectivity index (χ1v) is 8.64. The van der Waals surface area contributed by atoms with Gasteiger partial charge in [-0.25, -0.2) is 4.68 Å². The molecule has 26 heavy (non-hydrogen) atoms. The highest BCUT2D eigenvalue weighted by atomic mass is 35.5. The number of rotatable bonds is 4. The number of hydrogen-bond donors (Lipinski definition) is 1. The van der Waals surface area contributed by atoms with E-state index in [2.05, 4.69) is 10.4 Å². The molecule has 1 heterocycles. The predicted molar refractivity (Wildman–Crippen MR) is 102 cm³/mol. The normalized spacial score (nSPS) is 10.8. The van der Waals surface area contributed by atoms with Gasteiger partial charge in [-0.15, -0.1) is 0 Å². The number of nitrogens with one attached hydrogen (secondary N) is 1. The van der Waals surface area contributed by atoms with Crippen LogP contribution in [0.5, 0.6) is 0 Å². The van der Waals surface area contributed by atoms with E-state index in [1.165, 1.54) is 7.05 Å². The summed E-state index contributed by atoms with van der Waals surface area (Å²) in [5.41, 5.74) is 3.01. The number of aryl methyl sites for hydroxylation is 2. The van der Waals surface area contributed by atoms with Gasteiger partial charge in [0.1, 0.15) is 0 Å². The minimum Gasteiger partial charge on any atom is -0.325 e. The second-order valence-corrected chi connectivity index (χ2v) is 6.69. The Balaban J connectivity index is 1.86. The fraction of sp³-hybridized carbons (Fsp3) is 0.158. The number of nitrogens with zero attached hydrogens (tertiary/aromatic N) is 2. The molecule has 3 rings (SSSR count). The fourth-order valence-electron chi connectivity index (χ4n) is 2.74. The number of para-hydroxylation sites is 1. The third-order valence-corrected chi connectivity index (χ3v) is 4.78. The third kappa shape index (κ3) is 3.74. The molecule has 0 fully saturated rings. The number of amides is 1. The summed E-state index contributed by atoms with van der Waals surface area (Å²) in [4.78, 5) is 12.4. The van der Waals surface area contributed by atoms with Crippen LogP contribution in [0.4, 0.5) is 10.1 Å². The van der Waals surface area contributed by atoms with E-state index in [0.29, 0.717) is 21.4 Å². The molecular formula is C19H16Cl2FN3O. The standard InChI is InChI=1S/C19H16Cl2FN3O/c1-11-14(19(22)25(2)24-11)10-18(26)23-17-6-4-3-5-13(17)12-7-8-15(20)16(21)9-12/h3-9H,10H2,1-2H3,(H,23,26). The summed E-state index contributed by atoms with van der Waals surface area (Å²) in [6, 6.07) is 12.6. The molecule has 4 nitrogen and oxygen atoms in total. The molecule has 0 aliphatic carbocycles. The highest BCUT2D eigenvalue weighted by Gasteiger charge is 2.17. The van der Waals surface area contributed by atoms with Crippen molar-refractivity contribution in [3.8, 4) is 11.1 Å². The fourth-order valence-corrected chi connectivity index (χ4v) is 3.04. The Labute approximate surface area is 160 Å². The van der Waals surface area contributed by atoms with Crippen molar-refractivity contribution in [2.75, 3.05) is 5.32 Å². The Morgan fingerprint density at radius 3 is 2.58 bits per heavy atom. The van der Waals surface area contributed by atoms with E-state index in [0.717, 1.165) is 15.8 Å². The minimum absolute atomic E-state index is 0.0960. The van der Waals surface area contributed by atoms with E-state index in [-0.39, 0.29) is 17.9 Å². The smallest absolute Gasteiger partial charge is 0.229 e. The second-order valence-electron chi connectivity index (χ2n) is 5.88. The lowest BCUT2D eigenvalue weighted by molar-refractivity contribution is -0.115. The summed E-state index contributed by atoms with van der Waals surface area (Å²) in [5.74, 6) is -0.831. The molecule has 2 aromatic carbocycles. The Kier molecular flexibility index (Phi) is 5.30. The molecule has 0 atom stereocenters. The van der Waals surface area contributed by atoms with Gasteiger partial charge in [-0.3, -0.25) is 4.79 Å². The molecule has 0 aliphatic rings. The maximum atomic E-state index is 14.0. The van der Waals surface area contributed by atoms with Gasteiger partial charge in [-0.05, 0) is 30.7 Å². The van der Waals surface area contributed by atoms with E-state index < -0.39 is 5.95 Å². The molecule has 3 aromatic rings. The molecule has 0 saturated heterocycles. The van der Waals surface area contributed by atoms with Crippen LogP contribution in [0.1, 0.15) is 11.3 Å². The molecule has 0 unspecified atom stereocenters. The van der Waals surface area contributed by atoms with Crippen molar-refractivity contribution in [2.24, 2.45) is 7.05 Å². The first-order valence-electron chi connectivity index (χ1n) is 7.89. The Morgan fingerprint density at radius 1 is 1.19 bits per heavy atom. The Hall–Kier alpha value is -2.37. The predicted octanol–water partition coefficient (Wildman–Crippen LogP) is 5.02. The van der Waals surface area contributed by atoms with Gasteiger partial charge < -0.3 is 5.32 Å². The van der Waals surface area contributed by atoms with Crippen LogP contribution in [0.25, 0.3) is 11.1 Å². The number of hydrogen-bond acceptors (Lipinski definition) is 2. The van der Waals surface area contributed by atoms with Gasteiger partial charge in [-0.2, -0.15) is 9.49 Å². The molecular weight excluding hydrogens is 376 g/mol. The molecule has 0 saturated carbocycles. The van der Waals surface area contributed by atoms with E-state index in [1.807, 2.05) is 24.3 Å². The van der Waals surface area contributed by atoms with Crippen LogP contribution in [-0.2, 0) is 18.3 Å². The molecule has 7 heteroatoms. The van der Waals surface area contributed by atoms with Gasteiger partial charge in [0.25, 0.3) is 0 Å². The van der Waals surface area contributed by atoms with E-state index >= 15 is 0 Å². The number of halogens is 3. The number of carbonyl (C=O) groups is 1. The van der Waals surface area contributed by atoms with Crippen molar-refractivity contribution in [2.45, 2.75) is 13.3 Å². The van der Waals surface area contributed by atoms with Crippen molar-refractivity contribution >= 4 is 34.8 Å². The topological polar surface area (TPSA) is 46.9 Å². The molecule has 0 aliphatic heterocycles. The number of aromatic nitrogens is 2. The molecule has 1 aromatic heterocycles. The minimum atomic E-state index is -0.504. The van der Waals surface area contributed by atoms with Gasteiger partial charge in [0.05, 0.1) is 22.2 Å². The zero-order chi connectivity index (χ0) is 18.8. The molecule has 134 valence electrons. The van der Waals surface area contributed by atoms with E-state index in [9.17, 15) is 9.18 Å². The molecule has 0 bridgehead atoms. The van der Waals surface area contributed by atoms with Gasteiger partial charge in [0.15, 0.2) is 0 Å². The lowest BCUT2D eigenvalue weighted by Crippen LogP contribution is -2.16. The maximum absolute atomic E-state index is 14.0. The van der Waals surface area contributed by atoms with Gasteiger partial charge in [0, 0.05) is 23.9 Å². The molecule has 0 spiro atoms. The number of carbonyl (C=O) groups excluding carboxylic acids is 1. The van der Waals surface area contributed by atoms with Crippen molar-refractivity contribution in [1.82, 2.24) is 9.78 Å². The Morgan fingerprint density at radius 2 is 1.92 bits per heavy atom. The molecule has 1 amide bonds. The van der Waals surface area contributed by atoms with Crippen LogP contribution in [0.15, 0.2) is 42.5 Å². The monoisotopic (exact) mass is 391 g/mol. The largest absolute Gasteiger partial charge is 0.325 e. The van der Waals surface area contributed by atoms with Crippen LogP contribution >= 0.6 is 23.2 Å². The maximum Gasteiger partial charge on any atom is 0.229 e. The molecule has 0 radical (unpaired) electrons. The SMILES string of the molecule is Cc1nn(C)c(F)c1CC(=O)Nc1ccccc1-c1ccc(Cl)c(Cl)c1. The average molecular weight is 392 g/mol. The third-order valence-electron chi connectivity index (χ3n) is 4.04. The number of anilines is 1. The van der Waals surface area contributed by atoms with Crippen molar-refractivity contribution in [1.29, 1.82) is 0 Å². The van der Waals surface area contributed by atoms with Crippen LogP contribution < -0.4 is 5.32 Å². The summed E-state index contributed by atoms with van der Waals surface area (Å²) in [5, 5.41) is 7.71. The molecule has 1 N–H and O–H groups in total. The van der Waals surface area contributed by atoms with E-state index in [4.69, 9.17) is 23.2 Å². The van der Waals surface area contributed by atoms with E-state index in [1.54, 1.807) is 25.1 Å². The van der Waals surface area contributed by atoms with Crippen LogP contribution in [0.2, 0.25) is 10.0 Å². The first-order chi connectivity index (χ1) is 12.4. The summed E-state index contributed by atoms with van der Waals surface area (Å²) < 4.78 is 15.2. The van der Waals surface area contributed by atoms with Gasteiger partial charge in [-0.1, -0.05) is 47.5 Å². The lowest BCUT2D eigenvalue weighted by Gasteiger charge is -2.12. The zero-order valence-corrected chi connectivity index (χ0v) is 15.7. The summed E-state index contributed by atoms with van der Waals surface area (Å²) in [6.45, 7) is 1.68. The first kappa shape index (κ1) is 18.4. The van der Waals surface area contributed by atoms with Crippen molar-refractivity contribution in [3.63, 3.8) is 0 Å². The second kappa shape index (κ2) is 7.48. The summed E-state index contributed by atoms with van der Waals surface area (Å²) >= 11 is 12.1. The zero-order valence-electron chi connectivity index (χ0n) is 14.2. The van der Waals surface area contributed by atoms with Crippen molar-refractivity contribution in [3.05, 3.63) is 69.7 Å². The van der Waals surface area contributed by atoms with Gasteiger partial charge >= 0.3 is 0 Å². The summed E-state index contributed by atoms with van der Waals surface area (Å²) in [7, 11) is 1.50. The highest BCUT2D eigenvalue weighted by Crippen LogP contribution is 2.32. The number of benzene rings is 2. The van der Waals surface area contributed by atoms with Crippen LogP contribution in [-0.4, -0.2) is 15.7 Å². The lowest BCUT2D eigenvalue weighted by atomic mass is 10.0. The quantitative estimate of drug-likeness (QED) is 0.678. The summed E-state index contributed by atoms with van der Waals surface area (Å²) in [6.07, 6.45) is -0.0960. The van der Waals surface area contributed by atoms with Crippen molar-refractivity contribution < 1.29 is 9.18 Å². The van der Waals surface area contributed by atoms with Crippen LogP contribution in [0, 0.1) is 12.9 Å². The van der Waals surface area contributed by atoms with Gasteiger partial charge in [0.2, 0.25) is 11.9 Å². The van der Waals surface area contributed by atoms with Crippen LogP contribution in [0.3, 0.4) is 0 Å².